The molecule has 0 amide bonds. The Bertz CT molecular complexity index is 478. The summed E-state index contributed by atoms with van der Waals surface area (Å²) in [6, 6.07) is 0. The Balaban J connectivity index is 2.72. The van der Waals surface area contributed by atoms with Crippen LogP contribution in [0.5, 0.6) is 0 Å². The number of Topliss-reactive ketones (excluding diaryl/α,β-unsaturated/α-hetero) is 2. The molecular formula is C15H20F2O4. The van der Waals surface area contributed by atoms with Gasteiger partial charge in [-0.2, -0.15) is 0 Å². The Labute approximate surface area is 122 Å². The van der Waals surface area contributed by atoms with Gasteiger partial charge in [0.1, 0.15) is 0 Å². The minimum atomic E-state index is -2.30. The summed E-state index contributed by atoms with van der Waals surface area (Å²) < 4.78 is 34.0. The summed E-state index contributed by atoms with van der Waals surface area (Å²) in [5.74, 6) is -0.894. The number of carbonyl (C=O) groups is 2. The fraction of sp³-hybridized carbons (Fsp3) is 0.600. The van der Waals surface area contributed by atoms with Gasteiger partial charge in [-0.1, -0.05) is 6.42 Å². The molecule has 0 saturated heterocycles. The van der Waals surface area contributed by atoms with Crippen molar-refractivity contribution in [2.75, 3.05) is 14.2 Å². The third kappa shape index (κ3) is 4.12. The highest BCUT2D eigenvalue weighted by molar-refractivity contribution is 6.23. The Morgan fingerprint density at radius 1 is 0.952 bits per heavy atom. The van der Waals surface area contributed by atoms with Crippen LogP contribution < -0.4 is 0 Å². The first-order chi connectivity index (χ1) is 9.93. The monoisotopic (exact) mass is 302 g/mol. The lowest BCUT2D eigenvalue weighted by atomic mass is 9.89. The van der Waals surface area contributed by atoms with Crippen molar-refractivity contribution in [2.24, 2.45) is 0 Å². The number of methoxy groups -OCH3 is 2. The van der Waals surface area contributed by atoms with Gasteiger partial charge in [-0.05, 0) is 26.2 Å². The lowest BCUT2D eigenvalue weighted by molar-refractivity contribution is -0.121. The highest BCUT2D eigenvalue weighted by Gasteiger charge is 2.34. The van der Waals surface area contributed by atoms with Crippen molar-refractivity contribution >= 4 is 11.6 Å². The highest BCUT2D eigenvalue weighted by Crippen LogP contribution is 2.28. The maximum atomic E-state index is 12.3. The standard InChI is InChI=1S/C15H20F2O4/c1-9-10(7-5-4-6-8-11(16)17)13(19)15(21-3)14(20-2)12(9)18/h11H,4-8H2,1-3H3. The van der Waals surface area contributed by atoms with Crippen LogP contribution in [-0.2, 0) is 19.1 Å². The Morgan fingerprint density at radius 2 is 1.52 bits per heavy atom. The molecule has 4 nitrogen and oxygen atoms in total. The first-order valence-electron chi connectivity index (χ1n) is 6.83. The van der Waals surface area contributed by atoms with Gasteiger partial charge >= 0.3 is 0 Å². The molecule has 118 valence electrons. The second-order valence-corrected chi connectivity index (χ2v) is 4.82. The van der Waals surface area contributed by atoms with E-state index in [0.29, 0.717) is 36.8 Å². The van der Waals surface area contributed by atoms with E-state index in [0.717, 1.165) is 0 Å². The number of hydrogen-bond acceptors (Lipinski definition) is 4. The molecule has 0 aliphatic heterocycles. The van der Waals surface area contributed by atoms with Crippen molar-refractivity contribution in [1.82, 2.24) is 0 Å². The molecule has 1 aliphatic rings. The summed E-state index contributed by atoms with van der Waals surface area (Å²) >= 11 is 0. The summed E-state index contributed by atoms with van der Waals surface area (Å²) in [4.78, 5) is 24.3. The quantitative estimate of drug-likeness (QED) is 0.510. The number of carbonyl (C=O) groups excluding carboxylic acids is 2. The maximum Gasteiger partial charge on any atom is 0.238 e. The van der Waals surface area contributed by atoms with Gasteiger partial charge in [-0.25, -0.2) is 8.78 Å². The van der Waals surface area contributed by atoms with E-state index in [1.54, 1.807) is 6.92 Å². The Morgan fingerprint density at radius 3 is 2.05 bits per heavy atom. The summed E-state index contributed by atoms with van der Waals surface area (Å²) in [6.45, 7) is 1.57. The minimum absolute atomic E-state index is 0.0820. The first kappa shape index (κ1) is 17.3. The first-order valence-corrected chi connectivity index (χ1v) is 6.83. The van der Waals surface area contributed by atoms with E-state index in [9.17, 15) is 18.4 Å². The molecule has 21 heavy (non-hydrogen) atoms. The number of ether oxygens (including phenoxy) is 2. The number of halogens is 2. The molecule has 6 heteroatoms. The lowest BCUT2D eigenvalue weighted by Gasteiger charge is -2.20. The zero-order chi connectivity index (χ0) is 16.0. The highest BCUT2D eigenvalue weighted by atomic mass is 19.3. The predicted octanol–water partition coefficient (Wildman–Crippen LogP) is 3.17. The molecule has 0 radical (unpaired) electrons. The molecule has 0 aromatic carbocycles. The van der Waals surface area contributed by atoms with Gasteiger partial charge in [-0.3, -0.25) is 9.59 Å². The molecule has 1 rings (SSSR count). The number of alkyl halides is 2. The Kier molecular flexibility index (Phi) is 6.52. The van der Waals surface area contributed by atoms with Gasteiger partial charge in [-0.15, -0.1) is 0 Å². The average Bonchev–Trinajstić information content (AvgIpc) is 2.45. The molecule has 0 N–H and O–H groups in total. The van der Waals surface area contributed by atoms with Crippen LogP contribution in [0.4, 0.5) is 8.78 Å². The van der Waals surface area contributed by atoms with E-state index in [2.05, 4.69) is 0 Å². The van der Waals surface area contributed by atoms with Crippen LogP contribution in [0.2, 0.25) is 0 Å². The summed E-state index contributed by atoms with van der Waals surface area (Å²) in [6.07, 6.45) is -0.478. The van der Waals surface area contributed by atoms with Gasteiger partial charge in [0, 0.05) is 17.6 Å². The normalized spacial score (nSPS) is 16.1. The number of unbranched alkanes of at least 4 members (excludes halogenated alkanes) is 2. The SMILES string of the molecule is COC1=C(OC)C(=O)C(CCCCCC(F)F)=C(C)C1=O. The van der Waals surface area contributed by atoms with Crippen molar-refractivity contribution in [2.45, 2.75) is 45.5 Å². The molecule has 0 heterocycles. The third-order valence-electron chi connectivity index (χ3n) is 3.44. The van der Waals surface area contributed by atoms with Crippen LogP contribution in [0, 0.1) is 0 Å². The van der Waals surface area contributed by atoms with E-state index in [1.807, 2.05) is 0 Å². The van der Waals surface area contributed by atoms with Crippen LogP contribution in [0.3, 0.4) is 0 Å². The van der Waals surface area contributed by atoms with E-state index in [1.165, 1.54) is 14.2 Å². The number of allylic oxidation sites excluding steroid dienone is 2. The van der Waals surface area contributed by atoms with Crippen molar-refractivity contribution in [3.63, 3.8) is 0 Å². The second kappa shape index (κ2) is 7.90. The molecule has 0 unspecified atom stereocenters. The van der Waals surface area contributed by atoms with E-state index in [4.69, 9.17) is 9.47 Å². The van der Waals surface area contributed by atoms with E-state index < -0.39 is 6.43 Å². The summed E-state index contributed by atoms with van der Waals surface area (Å²) in [7, 11) is 2.61. The predicted molar refractivity (Wildman–Crippen MR) is 72.8 cm³/mol. The van der Waals surface area contributed by atoms with Gasteiger partial charge in [0.05, 0.1) is 14.2 Å². The number of ketones is 2. The molecule has 0 saturated carbocycles. The zero-order valence-corrected chi connectivity index (χ0v) is 12.5. The average molecular weight is 302 g/mol. The third-order valence-corrected chi connectivity index (χ3v) is 3.44. The molecule has 0 atom stereocenters. The molecule has 0 aromatic rings. The van der Waals surface area contributed by atoms with Crippen LogP contribution in [0.15, 0.2) is 22.7 Å². The maximum absolute atomic E-state index is 12.3. The number of rotatable bonds is 8. The zero-order valence-electron chi connectivity index (χ0n) is 12.5. The molecule has 0 spiro atoms. The fourth-order valence-corrected chi connectivity index (χ4v) is 2.27. The van der Waals surface area contributed by atoms with Crippen LogP contribution in [-0.4, -0.2) is 32.2 Å². The smallest absolute Gasteiger partial charge is 0.238 e. The van der Waals surface area contributed by atoms with Crippen LogP contribution in [0.1, 0.15) is 39.0 Å². The molecule has 1 aliphatic carbocycles. The fourth-order valence-electron chi connectivity index (χ4n) is 2.27. The largest absolute Gasteiger partial charge is 0.489 e. The van der Waals surface area contributed by atoms with E-state index in [-0.39, 0.29) is 29.5 Å². The van der Waals surface area contributed by atoms with Crippen molar-refractivity contribution in [3.05, 3.63) is 22.7 Å². The second-order valence-electron chi connectivity index (χ2n) is 4.82. The topological polar surface area (TPSA) is 52.6 Å². The van der Waals surface area contributed by atoms with Crippen LogP contribution in [0.25, 0.3) is 0 Å². The van der Waals surface area contributed by atoms with Gasteiger partial charge < -0.3 is 9.47 Å². The van der Waals surface area contributed by atoms with Crippen molar-refractivity contribution in [1.29, 1.82) is 0 Å². The molecule has 0 aromatic heterocycles. The van der Waals surface area contributed by atoms with Gasteiger partial charge in [0.25, 0.3) is 0 Å². The minimum Gasteiger partial charge on any atom is -0.489 e. The number of hydrogen-bond donors (Lipinski definition) is 0. The lowest BCUT2D eigenvalue weighted by Crippen LogP contribution is -2.25. The molecular weight excluding hydrogens is 282 g/mol. The van der Waals surface area contributed by atoms with Crippen molar-refractivity contribution in [3.8, 4) is 0 Å². The molecule has 0 fully saturated rings. The Hall–Kier alpha value is -1.72. The van der Waals surface area contributed by atoms with Gasteiger partial charge in [0.15, 0.2) is 0 Å². The van der Waals surface area contributed by atoms with Crippen molar-refractivity contribution < 1.29 is 27.8 Å². The van der Waals surface area contributed by atoms with Gasteiger partial charge in [0.2, 0.25) is 29.5 Å². The van der Waals surface area contributed by atoms with Crippen LogP contribution >= 0.6 is 0 Å². The summed E-state index contributed by atoms with van der Waals surface area (Å²) in [5, 5.41) is 0. The van der Waals surface area contributed by atoms with E-state index >= 15 is 0 Å². The molecule has 0 bridgehead atoms. The summed E-state index contributed by atoms with van der Waals surface area (Å²) in [5.41, 5.74) is 0.723.